The molecule has 0 spiro atoms. The average Bonchev–Trinajstić information content (AvgIpc) is 2.55. The van der Waals surface area contributed by atoms with Crippen molar-refractivity contribution in [1.29, 1.82) is 0 Å². The Hall–Kier alpha value is -2.53. The monoisotopic (exact) mass is 297 g/mol. The second-order valence-electron chi connectivity index (χ2n) is 4.91. The number of hydrogen-bond acceptors (Lipinski definition) is 4. The van der Waals surface area contributed by atoms with Gasteiger partial charge in [-0.1, -0.05) is 30.3 Å². The van der Waals surface area contributed by atoms with E-state index in [-0.39, 0.29) is 5.82 Å². The maximum atomic E-state index is 13.8. The molecule has 0 aliphatic heterocycles. The number of benzene rings is 2. The molecule has 112 valence electrons. The Bertz CT molecular complexity index is 792. The molecule has 0 aliphatic carbocycles. The number of ether oxygens (including phenoxy) is 1. The molecule has 0 saturated heterocycles. The number of halogens is 1. The highest BCUT2D eigenvalue weighted by atomic mass is 19.1. The van der Waals surface area contributed by atoms with Crippen LogP contribution in [0.25, 0.3) is 10.9 Å². The van der Waals surface area contributed by atoms with E-state index < -0.39 is 0 Å². The Kier molecular flexibility index (Phi) is 4.25. The van der Waals surface area contributed by atoms with Crippen LogP contribution in [0.15, 0.2) is 48.8 Å². The molecule has 0 bridgehead atoms. The summed E-state index contributed by atoms with van der Waals surface area (Å²) in [6.07, 6.45) is 1.37. The minimum atomic E-state index is -0.345. The predicted molar refractivity (Wildman–Crippen MR) is 84.0 cm³/mol. The van der Waals surface area contributed by atoms with Gasteiger partial charge in [0, 0.05) is 19.0 Å². The van der Waals surface area contributed by atoms with E-state index in [9.17, 15) is 4.39 Å². The van der Waals surface area contributed by atoms with Gasteiger partial charge < -0.3 is 10.1 Å². The molecule has 0 saturated carbocycles. The maximum absolute atomic E-state index is 13.8. The van der Waals surface area contributed by atoms with Gasteiger partial charge in [-0.25, -0.2) is 14.4 Å². The van der Waals surface area contributed by atoms with Crippen LogP contribution in [-0.2, 0) is 17.9 Å². The van der Waals surface area contributed by atoms with Gasteiger partial charge in [-0.2, -0.15) is 0 Å². The molecule has 4 nitrogen and oxygen atoms in total. The number of hydrogen-bond donors (Lipinski definition) is 1. The van der Waals surface area contributed by atoms with Crippen molar-refractivity contribution >= 4 is 16.7 Å². The van der Waals surface area contributed by atoms with Gasteiger partial charge in [0.15, 0.2) is 0 Å². The van der Waals surface area contributed by atoms with E-state index in [1.165, 1.54) is 12.4 Å². The molecule has 1 heterocycles. The summed E-state index contributed by atoms with van der Waals surface area (Å²) in [6.45, 7) is 1.14. The molecular weight excluding hydrogens is 281 g/mol. The van der Waals surface area contributed by atoms with Crippen LogP contribution in [0.3, 0.4) is 0 Å². The first-order chi connectivity index (χ1) is 10.8. The Labute approximate surface area is 128 Å². The van der Waals surface area contributed by atoms with Crippen molar-refractivity contribution in [3.63, 3.8) is 0 Å². The van der Waals surface area contributed by atoms with Crippen LogP contribution in [0.5, 0.6) is 0 Å². The predicted octanol–water partition coefficient (Wildman–Crippen LogP) is 3.53. The van der Waals surface area contributed by atoms with Crippen molar-refractivity contribution < 1.29 is 9.13 Å². The number of aromatic nitrogens is 2. The van der Waals surface area contributed by atoms with Crippen molar-refractivity contribution in [3.8, 4) is 0 Å². The summed E-state index contributed by atoms with van der Waals surface area (Å²) >= 11 is 0. The van der Waals surface area contributed by atoms with E-state index in [1.807, 2.05) is 30.3 Å². The largest absolute Gasteiger partial charge is 0.380 e. The molecule has 2 aromatic carbocycles. The second kappa shape index (κ2) is 6.49. The molecule has 3 rings (SSSR count). The quantitative estimate of drug-likeness (QED) is 0.782. The number of fused-ring (bicyclic) bond motifs is 1. The lowest BCUT2D eigenvalue weighted by Gasteiger charge is -2.11. The van der Waals surface area contributed by atoms with E-state index >= 15 is 0 Å². The van der Waals surface area contributed by atoms with E-state index in [4.69, 9.17) is 4.74 Å². The van der Waals surface area contributed by atoms with Crippen molar-refractivity contribution in [2.24, 2.45) is 0 Å². The Balaban J connectivity index is 1.87. The van der Waals surface area contributed by atoms with Crippen LogP contribution in [0.1, 0.15) is 11.1 Å². The maximum Gasteiger partial charge on any atom is 0.149 e. The summed E-state index contributed by atoms with van der Waals surface area (Å²) in [4.78, 5) is 8.22. The average molecular weight is 297 g/mol. The first-order valence-corrected chi connectivity index (χ1v) is 6.98. The summed E-state index contributed by atoms with van der Waals surface area (Å²) in [7, 11) is 1.67. The van der Waals surface area contributed by atoms with E-state index in [0.29, 0.717) is 29.9 Å². The number of anilines is 1. The molecule has 0 radical (unpaired) electrons. The lowest BCUT2D eigenvalue weighted by atomic mass is 10.1. The van der Waals surface area contributed by atoms with Crippen molar-refractivity contribution in [2.45, 2.75) is 13.2 Å². The van der Waals surface area contributed by atoms with Gasteiger partial charge in [-0.3, -0.25) is 0 Å². The first kappa shape index (κ1) is 14.4. The third-order valence-corrected chi connectivity index (χ3v) is 3.48. The van der Waals surface area contributed by atoms with Gasteiger partial charge in [0.05, 0.1) is 6.61 Å². The fourth-order valence-corrected chi connectivity index (χ4v) is 2.40. The molecule has 22 heavy (non-hydrogen) atoms. The van der Waals surface area contributed by atoms with Crippen LogP contribution in [0.2, 0.25) is 0 Å². The van der Waals surface area contributed by atoms with Gasteiger partial charge in [0.25, 0.3) is 0 Å². The zero-order chi connectivity index (χ0) is 15.4. The van der Waals surface area contributed by atoms with E-state index in [1.54, 1.807) is 13.2 Å². The van der Waals surface area contributed by atoms with Gasteiger partial charge in [0.1, 0.15) is 23.5 Å². The summed E-state index contributed by atoms with van der Waals surface area (Å²) in [5.41, 5.74) is 2.56. The molecule has 1 N–H and O–H groups in total. The Morgan fingerprint density at radius 3 is 2.68 bits per heavy atom. The number of methoxy groups -OCH3 is 1. The number of nitrogens with zero attached hydrogens (tertiary/aromatic N) is 2. The zero-order valence-electron chi connectivity index (χ0n) is 12.2. The van der Waals surface area contributed by atoms with Crippen LogP contribution in [0, 0.1) is 5.82 Å². The summed E-state index contributed by atoms with van der Waals surface area (Å²) < 4.78 is 19.0. The topological polar surface area (TPSA) is 47.0 Å². The first-order valence-electron chi connectivity index (χ1n) is 6.98. The highest BCUT2D eigenvalue weighted by Crippen LogP contribution is 2.22. The molecule has 0 unspecified atom stereocenters. The van der Waals surface area contributed by atoms with Crippen molar-refractivity contribution in [3.05, 3.63) is 65.7 Å². The number of rotatable bonds is 5. The molecule has 0 atom stereocenters. The lowest BCUT2D eigenvalue weighted by molar-refractivity contribution is 0.184. The van der Waals surface area contributed by atoms with Crippen LogP contribution < -0.4 is 5.32 Å². The summed E-state index contributed by atoms with van der Waals surface area (Å²) in [5.74, 6) is 0.277. The molecule has 0 aliphatic rings. The minimum Gasteiger partial charge on any atom is -0.380 e. The lowest BCUT2D eigenvalue weighted by Crippen LogP contribution is -2.06. The molecule has 0 amide bonds. The van der Waals surface area contributed by atoms with Crippen LogP contribution in [0.4, 0.5) is 10.2 Å². The van der Waals surface area contributed by atoms with Gasteiger partial charge in [-0.05, 0) is 23.3 Å². The van der Waals surface area contributed by atoms with Crippen molar-refractivity contribution in [2.75, 3.05) is 12.4 Å². The van der Waals surface area contributed by atoms with Crippen LogP contribution in [-0.4, -0.2) is 17.1 Å². The Morgan fingerprint density at radius 1 is 1.05 bits per heavy atom. The third kappa shape index (κ3) is 2.89. The van der Waals surface area contributed by atoms with Gasteiger partial charge in [0.2, 0.25) is 0 Å². The molecule has 1 aromatic heterocycles. The fourth-order valence-electron chi connectivity index (χ4n) is 2.40. The number of nitrogens with one attached hydrogen (secondary N) is 1. The smallest absolute Gasteiger partial charge is 0.149 e. The minimum absolute atomic E-state index is 0.324. The second-order valence-corrected chi connectivity index (χ2v) is 4.91. The summed E-state index contributed by atoms with van der Waals surface area (Å²) in [6, 6.07) is 12.9. The highest BCUT2D eigenvalue weighted by Gasteiger charge is 2.08. The summed E-state index contributed by atoms with van der Waals surface area (Å²) in [5, 5.41) is 3.93. The van der Waals surface area contributed by atoms with Gasteiger partial charge in [-0.15, -0.1) is 0 Å². The third-order valence-electron chi connectivity index (χ3n) is 3.48. The van der Waals surface area contributed by atoms with Crippen molar-refractivity contribution in [1.82, 2.24) is 9.97 Å². The Morgan fingerprint density at radius 2 is 1.86 bits per heavy atom. The fraction of sp³-hybridized carbons (Fsp3) is 0.176. The zero-order valence-corrected chi connectivity index (χ0v) is 12.2. The standard InChI is InChI=1S/C17H16FN3O/c1-22-10-13-6-3-2-5-12(13)9-19-17-14-7-4-8-15(18)16(14)20-11-21-17/h2-8,11H,9-10H2,1H3,(H,19,20,21). The van der Waals surface area contributed by atoms with E-state index in [2.05, 4.69) is 15.3 Å². The highest BCUT2D eigenvalue weighted by molar-refractivity contribution is 5.89. The molecule has 5 heteroatoms. The van der Waals surface area contributed by atoms with E-state index in [0.717, 1.165) is 11.1 Å². The molecule has 0 fully saturated rings. The SMILES string of the molecule is COCc1ccccc1CNc1ncnc2c(F)cccc12. The molecule has 3 aromatic rings. The molecular formula is C17H16FN3O. The number of para-hydroxylation sites is 1. The van der Waals surface area contributed by atoms with Crippen LogP contribution >= 0.6 is 0 Å². The van der Waals surface area contributed by atoms with Gasteiger partial charge >= 0.3 is 0 Å². The normalized spacial score (nSPS) is 10.8.